The molecule has 0 saturated carbocycles. The van der Waals surface area contributed by atoms with Gasteiger partial charge in [0.25, 0.3) is 11.8 Å². The van der Waals surface area contributed by atoms with E-state index in [4.69, 9.17) is 9.47 Å². The maximum absolute atomic E-state index is 14.0. The summed E-state index contributed by atoms with van der Waals surface area (Å²) >= 11 is 0. The lowest BCUT2D eigenvalue weighted by Gasteiger charge is -2.18. The van der Waals surface area contributed by atoms with Gasteiger partial charge in [0, 0.05) is 5.69 Å². The van der Waals surface area contributed by atoms with Gasteiger partial charge in [-0.1, -0.05) is 0 Å². The summed E-state index contributed by atoms with van der Waals surface area (Å²) in [5.41, 5.74) is 2.72. The van der Waals surface area contributed by atoms with E-state index in [1.807, 2.05) is 6.92 Å². The van der Waals surface area contributed by atoms with Crippen molar-refractivity contribution in [2.45, 2.75) is 32.3 Å². The predicted octanol–water partition coefficient (Wildman–Crippen LogP) is 1.37. The highest BCUT2D eigenvalue weighted by Crippen LogP contribution is 2.30. The molecule has 0 aromatic carbocycles. The average molecular weight is 442 g/mol. The molecule has 10 nitrogen and oxygen atoms in total. The molecule has 1 aliphatic carbocycles. The Morgan fingerprint density at radius 2 is 2.09 bits per heavy atom. The van der Waals surface area contributed by atoms with Gasteiger partial charge in [-0.25, -0.2) is 19.2 Å². The summed E-state index contributed by atoms with van der Waals surface area (Å²) < 4.78 is 24.6. The molecule has 11 heteroatoms. The van der Waals surface area contributed by atoms with Gasteiger partial charge in [0.15, 0.2) is 18.2 Å². The molecule has 5 rings (SSSR count). The molecule has 2 aliphatic heterocycles. The first-order chi connectivity index (χ1) is 15.5. The van der Waals surface area contributed by atoms with Gasteiger partial charge in [-0.3, -0.25) is 14.7 Å². The Balaban J connectivity index is 1.11. The van der Waals surface area contributed by atoms with E-state index in [2.05, 4.69) is 25.6 Å². The molecule has 2 aromatic rings. The van der Waals surface area contributed by atoms with E-state index in [0.29, 0.717) is 37.7 Å². The molecule has 4 heterocycles. The first kappa shape index (κ1) is 20.6. The maximum Gasteiger partial charge on any atom is 0.415 e. The topological polar surface area (TPSA) is 119 Å². The SMILES string of the molecule is Cc1ncc(F)c2c1C[C@H](CNCC[C@H]1CN(c3cnc4c(n3)NC(=O)CO4)C(=O)O1)C2. The third-order valence-corrected chi connectivity index (χ3v) is 6.00. The standard InChI is InChI=1S/C21H23FN6O4/c1-11-14-4-12(5-15(14)16(22)7-24-11)6-23-3-2-13-9-28(21(30)32-13)17-8-25-20-19(26-17)27-18(29)10-31-20/h7-8,12-13,23H,2-6,9-10H2,1H3,(H,26,27,29)/t12-,13-/m0/s1. The molecule has 0 bridgehead atoms. The van der Waals surface area contributed by atoms with Crippen LogP contribution < -0.4 is 20.3 Å². The Labute approximate surface area is 183 Å². The molecule has 0 spiro atoms. The zero-order valence-electron chi connectivity index (χ0n) is 17.6. The number of hydrogen-bond donors (Lipinski definition) is 2. The van der Waals surface area contributed by atoms with Crippen LogP contribution in [0.4, 0.5) is 20.8 Å². The molecule has 168 valence electrons. The van der Waals surface area contributed by atoms with Crippen molar-refractivity contribution in [3.8, 4) is 5.88 Å². The first-order valence-corrected chi connectivity index (χ1v) is 10.6. The van der Waals surface area contributed by atoms with Crippen LogP contribution in [-0.2, 0) is 22.4 Å². The highest BCUT2D eigenvalue weighted by Gasteiger charge is 2.34. The highest BCUT2D eigenvalue weighted by molar-refractivity contribution is 5.94. The number of carbonyl (C=O) groups is 2. The summed E-state index contributed by atoms with van der Waals surface area (Å²) in [7, 11) is 0. The number of anilines is 2. The van der Waals surface area contributed by atoms with Gasteiger partial charge in [-0.05, 0) is 56.3 Å². The van der Waals surface area contributed by atoms with Gasteiger partial charge < -0.3 is 20.1 Å². The number of halogens is 1. The summed E-state index contributed by atoms with van der Waals surface area (Å²) in [5.74, 6) is 0.495. The first-order valence-electron chi connectivity index (χ1n) is 10.6. The number of rotatable bonds is 6. The van der Waals surface area contributed by atoms with Crippen molar-refractivity contribution in [1.82, 2.24) is 20.3 Å². The van der Waals surface area contributed by atoms with Gasteiger partial charge in [0.1, 0.15) is 11.9 Å². The van der Waals surface area contributed by atoms with Crippen molar-refractivity contribution in [3.63, 3.8) is 0 Å². The lowest BCUT2D eigenvalue weighted by atomic mass is 10.1. The number of pyridine rings is 1. The number of nitrogens with one attached hydrogen (secondary N) is 2. The number of nitrogens with zero attached hydrogens (tertiary/aromatic N) is 4. The van der Waals surface area contributed by atoms with Gasteiger partial charge in [-0.15, -0.1) is 0 Å². The number of fused-ring (bicyclic) bond motifs is 2. The largest absolute Gasteiger partial charge is 0.465 e. The van der Waals surface area contributed by atoms with Crippen LogP contribution in [-0.4, -0.2) is 59.3 Å². The Bertz CT molecular complexity index is 1050. The summed E-state index contributed by atoms with van der Waals surface area (Å²) in [6.45, 7) is 3.57. The minimum atomic E-state index is -0.503. The van der Waals surface area contributed by atoms with E-state index in [1.165, 1.54) is 17.3 Å². The summed E-state index contributed by atoms with van der Waals surface area (Å²) in [4.78, 5) is 37.7. The van der Waals surface area contributed by atoms with Crippen LogP contribution in [0.15, 0.2) is 12.4 Å². The minimum absolute atomic E-state index is 0.111. The molecule has 2 atom stereocenters. The Morgan fingerprint density at radius 3 is 2.94 bits per heavy atom. The average Bonchev–Trinajstić information content (AvgIpc) is 3.38. The Hall–Kier alpha value is -3.34. The van der Waals surface area contributed by atoms with Crippen molar-refractivity contribution in [2.24, 2.45) is 5.92 Å². The molecule has 0 radical (unpaired) electrons. The number of aryl methyl sites for hydroxylation is 1. The minimum Gasteiger partial charge on any atom is -0.465 e. The van der Waals surface area contributed by atoms with Crippen molar-refractivity contribution >= 4 is 23.6 Å². The second-order valence-electron chi connectivity index (χ2n) is 8.25. The van der Waals surface area contributed by atoms with Crippen molar-refractivity contribution in [2.75, 3.05) is 36.5 Å². The monoisotopic (exact) mass is 442 g/mol. The smallest absolute Gasteiger partial charge is 0.415 e. The zero-order chi connectivity index (χ0) is 22.2. The number of aromatic nitrogens is 3. The quantitative estimate of drug-likeness (QED) is 0.644. The van der Waals surface area contributed by atoms with Crippen molar-refractivity contribution in [3.05, 3.63) is 35.0 Å². The van der Waals surface area contributed by atoms with Gasteiger partial charge in [-0.2, -0.15) is 0 Å². The molecular formula is C21H23FN6O4. The third kappa shape index (κ3) is 3.95. The fraction of sp³-hybridized carbons (Fsp3) is 0.476. The Morgan fingerprint density at radius 1 is 1.25 bits per heavy atom. The van der Waals surface area contributed by atoms with E-state index < -0.39 is 6.09 Å². The van der Waals surface area contributed by atoms with Crippen LogP contribution in [0.5, 0.6) is 5.88 Å². The van der Waals surface area contributed by atoms with Crippen LogP contribution >= 0.6 is 0 Å². The van der Waals surface area contributed by atoms with E-state index in [-0.39, 0.29) is 36.1 Å². The number of amides is 2. The molecule has 1 saturated heterocycles. The molecule has 2 N–H and O–H groups in total. The van der Waals surface area contributed by atoms with Crippen LogP contribution in [0.2, 0.25) is 0 Å². The molecule has 2 amide bonds. The summed E-state index contributed by atoms with van der Waals surface area (Å²) in [6.07, 6.45) is 4.10. The second kappa shape index (κ2) is 8.30. The van der Waals surface area contributed by atoms with Crippen LogP contribution in [0.3, 0.4) is 0 Å². The fourth-order valence-corrected chi connectivity index (χ4v) is 4.37. The van der Waals surface area contributed by atoms with E-state index in [9.17, 15) is 14.0 Å². The van der Waals surface area contributed by atoms with Crippen LogP contribution in [0.1, 0.15) is 23.2 Å². The summed E-state index contributed by atoms with van der Waals surface area (Å²) in [5, 5.41) is 5.98. The lowest BCUT2D eigenvalue weighted by molar-refractivity contribution is -0.118. The fourth-order valence-electron chi connectivity index (χ4n) is 4.37. The van der Waals surface area contributed by atoms with Gasteiger partial charge >= 0.3 is 6.09 Å². The molecular weight excluding hydrogens is 419 g/mol. The van der Waals surface area contributed by atoms with E-state index in [1.54, 1.807) is 0 Å². The van der Waals surface area contributed by atoms with Crippen molar-refractivity contribution < 1.29 is 23.5 Å². The van der Waals surface area contributed by atoms with E-state index >= 15 is 0 Å². The number of hydrogen-bond acceptors (Lipinski definition) is 8. The third-order valence-electron chi connectivity index (χ3n) is 6.00. The predicted molar refractivity (Wildman–Crippen MR) is 111 cm³/mol. The Kier molecular flexibility index (Phi) is 5.33. The number of ether oxygens (including phenoxy) is 2. The number of carbonyl (C=O) groups excluding carboxylic acids is 2. The van der Waals surface area contributed by atoms with Crippen LogP contribution in [0.25, 0.3) is 0 Å². The van der Waals surface area contributed by atoms with Crippen LogP contribution in [0, 0.1) is 18.7 Å². The summed E-state index contributed by atoms with van der Waals surface area (Å²) in [6, 6.07) is 0. The molecule has 0 unspecified atom stereocenters. The maximum atomic E-state index is 14.0. The molecule has 32 heavy (non-hydrogen) atoms. The molecule has 3 aliphatic rings. The van der Waals surface area contributed by atoms with Crippen molar-refractivity contribution in [1.29, 1.82) is 0 Å². The van der Waals surface area contributed by atoms with E-state index in [0.717, 1.165) is 29.8 Å². The number of cyclic esters (lactones) is 1. The zero-order valence-corrected chi connectivity index (χ0v) is 17.6. The second-order valence-corrected chi connectivity index (χ2v) is 8.25. The molecule has 1 fully saturated rings. The van der Waals surface area contributed by atoms with Gasteiger partial charge in [0.2, 0.25) is 0 Å². The molecule has 2 aromatic heterocycles. The lowest BCUT2D eigenvalue weighted by Crippen LogP contribution is -2.30. The highest BCUT2D eigenvalue weighted by atomic mass is 19.1. The normalized spacial score (nSPS) is 21.6. The van der Waals surface area contributed by atoms with Gasteiger partial charge in [0.05, 0.1) is 18.9 Å².